The molecule has 1 aliphatic carbocycles. The first-order valence-corrected chi connectivity index (χ1v) is 5.06. The molecule has 3 nitrogen and oxygen atoms in total. The molecule has 4 heteroatoms. The van der Waals surface area contributed by atoms with E-state index >= 15 is 0 Å². The molecule has 0 bridgehead atoms. The molecule has 0 saturated carbocycles. The Morgan fingerprint density at radius 1 is 1.58 bits per heavy atom. The van der Waals surface area contributed by atoms with Crippen LogP contribution < -0.4 is 0 Å². The average Bonchev–Trinajstić information content (AvgIpc) is 1.93. The van der Waals surface area contributed by atoms with E-state index in [9.17, 15) is 8.42 Å². The van der Waals surface area contributed by atoms with Crippen LogP contribution in [0.25, 0.3) is 0 Å². The molecule has 0 aromatic carbocycles. The maximum atomic E-state index is 11.0. The van der Waals surface area contributed by atoms with Gasteiger partial charge < -0.3 is 0 Å². The van der Waals surface area contributed by atoms with E-state index in [1.54, 1.807) is 19.1 Å². The van der Waals surface area contributed by atoms with Gasteiger partial charge >= 0.3 is 0 Å². The van der Waals surface area contributed by atoms with Crippen LogP contribution in [0.4, 0.5) is 0 Å². The lowest BCUT2D eigenvalue weighted by Gasteiger charge is -2.28. The summed E-state index contributed by atoms with van der Waals surface area (Å²) in [7, 11) is -4.04. The SMILES string of the molecule is CC1[C]=CC=CC1(C)S(=O)(=O)O. The van der Waals surface area contributed by atoms with E-state index in [2.05, 4.69) is 6.08 Å². The quantitative estimate of drug-likeness (QED) is 0.627. The Balaban J connectivity index is 3.16. The van der Waals surface area contributed by atoms with E-state index in [4.69, 9.17) is 4.55 Å². The Kier molecular flexibility index (Phi) is 2.14. The van der Waals surface area contributed by atoms with Gasteiger partial charge in [-0.2, -0.15) is 8.42 Å². The number of allylic oxidation sites excluding steroid dienone is 3. The number of hydrogen-bond acceptors (Lipinski definition) is 2. The molecule has 0 heterocycles. The van der Waals surface area contributed by atoms with Gasteiger partial charge in [-0.15, -0.1) is 0 Å². The van der Waals surface area contributed by atoms with Crippen LogP contribution in [0.1, 0.15) is 13.8 Å². The van der Waals surface area contributed by atoms with Gasteiger partial charge in [0, 0.05) is 5.92 Å². The van der Waals surface area contributed by atoms with Crippen molar-refractivity contribution in [2.75, 3.05) is 0 Å². The third kappa shape index (κ3) is 1.32. The molecule has 1 N–H and O–H groups in total. The molecule has 2 atom stereocenters. The highest BCUT2D eigenvalue weighted by Crippen LogP contribution is 2.30. The fourth-order valence-electron chi connectivity index (χ4n) is 1.06. The van der Waals surface area contributed by atoms with Crippen molar-refractivity contribution in [3.63, 3.8) is 0 Å². The smallest absolute Gasteiger partial charge is 0.274 e. The summed E-state index contributed by atoms with van der Waals surface area (Å²) in [5, 5.41) is 0. The van der Waals surface area contributed by atoms with Crippen molar-refractivity contribution in [2.24, 2.45) is 5.92 Å². The zero-order valence-corrected chi connectivity index (χ0v) is 7.80. The maximum absolute atomic E-state index is 11.0. The third-order valence-electron chi connectivity index (χ3n) is 2.29. The lowest BCUT2D eigenvalue weighted by atomic mass is 9.91. The number of hydrogen-bond donors (Lipinski definition) is 1. The second-order valence-electron chi connectivity index (χ2n) is 3.07. The molecule has 0 aliphatic heterocycles. The Bertz CT molecular complexity index is 326. The lowest BCUT2D eigenvalue weighted by Crippen LogP contribution is -2.39. The summed E-state index contributed by atoms with van der Waals surface area (Å²) in [6.07, 6.45) is 7.53. The molecular weight excluding hydrogens is 176 g/mol. The number of rotatable bonds is 1. The molecule has 2 unspecified atom stereocenters. The Labute approximate surface area is 72.5 Å². The highest BCUT2D eigenvalue weighted by atomic mass is 32.2. The predicted molar refractivity (Wildman–Crippen MR) is 46.1 cm³/mol. The van der Waals surface area contributed by atoms with Crippen molar-refractivity contribution in [2.45, 2.75) is 18.6 Å². The molecule has 12 heavy (non-hydrogen) atoms. The van der Waals surface area contributed by atoms with Gasteiger partial charge in [-0.05, 0) is 13.0 Å². The zero-order chi connectivity index (χ0) is 9.41. The van der Waals surface area contributed by atoms with Gasteiger partial charge in [-0.3, -0.25) is 4.55 Å². The zero-order valence-electron chi connectivity index (χ0n) is 6.98. The summed E-state index contributed by atoms with van der Waals surface area (Å²) in [5.74, 6) is -0.322. The monoisotopic (exact) mass is 187 g/mol. The van der Waals surface area contributed by atoms with E-state index in [0.29, 0.717) is 0 Å². The summed E-state index contributed by atoms with van der Waals surface area (Å²) in [4.78, 5) is 0. The molecule has 0 amide bonds. The fourth-order valence-corrected chi connectivity index (χ4v) is 1.82. The molecule has 0 aromatic heterocycles. The van der Waals surface area contributed by atoms with E-state index in [1.165, 1.54) is 13.0 Å². The molecule has 67 valence electrons. The van der Waals surface area contributed by atoms with Crippen LogP contribution in [0.5, 0.6) is 0 Å². The molecule has 0 fully saturated rings. The topological polar surface area (TPSA) is 54.4 Å². The van der Waals surface area contributed by atoms with Crippen LogP contribution in [-0.2, 0) is 10.1 Å². The molecule has 0 spiro atoms. The molecular formula is C8H11O3S. The highest BCUT2D eigenvalue weighted by Gasteiger charge is 2.40. The lowest BCUT2D eigenvalue weighted by molar-refractivity contribution is 0.423. The summed E-state index contributed by atoms with van der Waals surface area (Å²) >= 11 is 0. The van der Waals surface area contributed by atoms with Gasteiger partial charge in [-0.25, -0.2) is 0 Å². The van der Waals surface area contributed by atoms with E-state index in [1.807, 2.05) is 0 Å². The van der Waals surface area contributed by atoms with Gasteiger partial charge in [0.2, 0.25) is 0 Å². The normalized spacial score (nSPS) is 35.4. The van der Waals surface area contributed by atoms with Crippen LogP contribution >= 0.6 is 0 Å². The maximum Gasteiger partial charge on any atom is 0.274 e. The van der Waals surface area contributed by atoms with Crippen molar-refractivity contribution in [3.8, 4) is 0 Å². The summed E-state index contributed by atoms with van der Waals surface area (Å²) in [6, 6.07) is 0. The van der Waals surface area contributed by atoms with Gasteiger partial charge in [0.25, 0.3) is 10.1 Å². The standard InChI is InChI=1S/C8H11O3S/c1-7-5-3-4-6-8(7,2)12(9,10)11/h3-4,6-7H,1-2H3,(H,9,10,11). The first kappa shape index (κ1) is 9.48. The van der Waals surface area contributed by atoms with Crippen molar-refractivity contribution in [1.82, 2.24) is 0 Å². The van der Waals surface area contributed by atoms with Crippen molar-refractivity contribution >= 4 is 10.1 Å². The Morgan fingerprint density at radius 3 is 2.50 bits per heavy atom. The third-order valence-corrected chi connectivity index (χ3v) is 3.89. The molecule has 0 aromatic rings. The van der Waals surface area contributed by atoms with Crippen LogP contribution in [0.2, 0.25) is 0 Å². The minimum Gasteiger partial charge on any atom is -0.285 e. The molecule has 1 rings (SSSR count). The first-order chi connectivity index (χ1) is 5.38. The predicted octanol–water partition coefficient (Wildman–Crippen LogP) is 1.20. The second-order valence-corrected chi connectivity index (χ2v) is 4.90. The van der Waals surface area contributed by atoms with Crippen LogP contribution in [0, 0.1) is 12.0 Å². The van der Waals surface area contributed by atoms with Crippen molar-refractivity contribution in [3.05, 3.63) is 24.3 Å². The summed E-state index contributed by atoms with van der Waals surface area (Å²) in [6.45, 7) is 3.18. The fraction of sp³-hybridized carbons (Fsp3) is 0.500. The van der Waals surface area contributed by atoms with Crippen LogP contribution in [-0.4, -0.2) is 17.7 Å². The van der Waals surface area contributed by atoms with Gasteiger partial charge in [0.15, 0.2) is 0 Å². The Morgan fingerprint density at radius 2 is 2.17 bits per heavy atom. The summed E-state index contributed by atoms with van der Waals surface area (Å²) < 4.78 is 29.7. The van der Waals surface area contributed by atoms with Crippen molar-refractivity contribution in [1.29, 1.82) is 0 Å². The summed E-state index contributed by atoms with van der Waals surface area (Å²) in [5.41, 5.74) is 0. The van der Waals surface area contributed by atoms with Gasteiger partial charge in [-0.1, -0.05) is 25.2 Å². The van der Waals surface area contributed by atoms with E-state index in [-0.39, 0.29) is 5.92 Å². The molecule has 0 saturated heterocycles. The second kappa shape index (κ2) is 2.71. The van der Waals surface area contributed by atoms with E-state index in [0.717, 1.165) is 0 Å². The van der Waals surface area contributed by atoms with Crippen LogP contribution in [0.15, 0.2) is 18.2 Å². The first-order valence-electron chi connectivity index (χ1n) is 3.62. The molecule has 1 aliphatic rings. The largest absolute Gasteiger partial charge is 0.285 e. The van der Waals surface area contributed by atoms with Crippen molar-refractivity contribution < 1.29 is 13.0 Å². The minimum atomic E-state index is -4.04. The minimum absolute atomic E-state index is 0.322. The van der Waals surface area contributed by atoms with Gasteiger partial charge in [0.05, 0.1) is 0 Å². The Hall–Kier alpha value is -0.610. The van der Waals surface area contributed by atoms with Gasteiger partial charge in [0.1, 0.15) is 4.75 Å². The van der Waals surface area contributed by atoms with Crippen LogP contribution in [0.3, 0.4) is 0 Å². The highest BCUT2D eigenvalue weighted by molar-refractivity contribution is 7.87. The van der Waals surface area contributed by atoms with E-state index < -0.39 is 14.9 Å². The molecule has 1 radical (unpaired) electrons. The average molecular weight is 187 g/mol.